The number of fused-ring (bicyclic) bond motifs is 2. The summed E-state index contributed by atoms with van der Waals surface area (Å²) >= 11 is 0. The summed E-state index contributed by atoms with van der Waals surface area (Å²) in [5.74, 6) is 1.13. The Bertz CT molecular complexity index is 1110. The Morgan fingerprint density at radius 1 is 1.03 bits per heavy atom. The number of benzene rings is 2. The fourth-order valence-electron chi connectivity index (χ4n) is 6.27. The molecule has 172 valence electrons. The third-order valence-corrected chi connectivity index (χ3v) is 10.1. The summed E-state index contributed by atoms with van der Waals surface area (Å²) in [5, 5.41) is 11.0. The van der Waals surface area contributed by atoms with E-state index in [0.29, 0.717) is 17.5 Å². The summed E-state index contributed by atoms with van der Waals surface area (Å²) in [5.41, 5.74) is 3.92. The highest BCUT2D eigenvalue weighted by Crippen LogP contribution is 2.63. The summed E-state index contributed by atoms with van der Waals surface area (Å²) in [6, 6.07) is 16.4. The molecule has 3 atom stereocenters. The summed E-state index contributed by atoms with van der Waals surface area (Å²) < 4.78 is 27.4. The van der Waals surface area contributed by atoms with Gasteiger partial charge in [0.15, 0.2) is 0 Å². The van der Waals surface area contributed by atoms with Gasteiger partial charge >= 0.3 is 0 Å². The van der Waals surface area contributed by atoms with Crippen molar-refractivity contribution < 1.29 is 13.5 Å². The third-order valence-electron chi connectivity index (χ3n) is 8.21. The molecule has 0 spiro atoms. The number of nitrogens with zero attached hydrogens (tertiary/aromatic N) is 1. The molecule has 1 heterocycles. The van der Waals surface area contributed by atoms with Gasteiger partial charge in [0.2, 0.25) is 10.0 Å². The van der Waals surface area contributed by atoms with E-state index < -0.39 is 15.6 Å². The Morgan fingerprint density at radius 3 is 2.25 bits per heavy atom. The first-order valence-corrected chi connectivity index (χ1v) is 13.0. The highest BCUT2D eigenvalue weighted by molar-refractivity contribution is 7.93. The van der Waals surface area contributed by atoms with E-state index in [1.165, 1.54) is 16.7 Å². The number of anilines is 1. The molecule has 32 heavy (non-hydrogen) atoms. The van der Waals surface area contributed by atoms with Gasteiger partial charge in [-0.15, -0.1) is 12.4 Å². The van der Waals surface area contributed by atoms with Crippen LogP contribution in [0.5, 0.6) is 0 Å². The minimum atomic E-state index is -3.24. The van der Waals surface area contributed by atoms with Gasteiger partial charge in [0.1, 0.15) is 0 Å². The molecule has 2 aromatic rings. The molecule has 5 nitrogen and oxygen atoms in total. The van der Waals surface area contributed by atoms with Gasteiger partial charge in [-0.1, -0.05) is 43.3 Å². The van der Waals surface area contributed by atoms with Gasteiger partial charge in [-0.3, -0.25) is 9.62 Å². The highest BCUT2D eigenvalue weighted by atomic mass is 35.5. The third kappa shape index (κ3) is 3.65. The predicted molar refractivity (Wildman–Crippen MR) is 129 cm³/mol. The van der Waals surface area contributed by atoms with Gasteiger partial charge in [0, 0.05) is 43.6 Å². The number of β-amino-alcohol motifs (C(OH)–C–C–N with tert-alkyl or cyclic N) is 1. The average molecular weight is 475 g/mol. The first-order valence-electron chi connectivity index (χ1n) is 11.4. The monoisotopic (exact) mass is 474 g/mol. The molecule has 6 rings (SSSR count). The summed E-state index contributed by atoms with van der Waals surface area (Å²) in [6.07, 6.45) is 3.03. The van der Waals surface area contributed by atoms with Gasteiger partial charge in [-0.25, -0.2) is 8.42 Å². The van der Waals surface area contributed by atoms with Crippen molar-refractivity contribution in [3.8, 4) is 0 Å². The van der Waals surface area contributed by atoms with Crippen molar-refractivity contribution in [1.82, 2.24) is 4.90 Å². The van der Waals surface area contributed by atoms with Crippen LogP contribution in [0.2, 0.25) is 0 Å². The van der Waals surface area contributed by atoms with Gasteiger partial charge < -0.3 is 5.11 Å². The normalized spacial score (nSPS) is 30.3. The molecule has 1 aliphatic heterocycles. The van der Waals surface area contributed by atoms with E-state index in [0.717, 1.165) is 45.3 Å². The lowest BCUT2D eigenvalue weighted by Crippen LogP contribution is -2.44. The fraction of sp³-hybridized carbons (Fsp3) is 0.520. The van der Waals surface area contributed by atoms with Gasteiger partial charge in [-0.05, 0) is 53.5 Å². The topological polar surface area (TPSA) is 69.6 Å². The Balaban J connectivity index is 0.00000216. The molecule has 7 heteroatoms. The maximum absolute atomic E-state index is 12.3. The molecule has 3 aliphatic carbocycles. The molecule has 4 aliphatic rings. The van der Waals surface area contributed by atoms with E-state index in [9.17, 15) is 13.5 Å². The number of rotatable bonds is 6. The Morgan fingerprint density at radius 2 is 1.66 bits per heavy atom. The lowest BCUT2D eigenvalue weighted by Gasteiger charge is -2.31. The Labute approximate surface area is 196 Å². The highest BCUT2D eigenvalue weighted by Gasteiger charge is 2.66. The summed E-state index contributed by atoms with van der Waals surface area (Å²) in [7, 11) is -3.24. The van der Waals surface area contributed by atoms with Crippen LogP contribution < -0.4 is 4.72 Å². The first kappa shape index (κ1) is 22.2. The van der Waals surface area contributed by atoms with Crippen LogP contribution in [0, 0.1) is 11.8 Å². The average Bonchev–Trinajstić information content (AvgIpc) is 3.57. The second-order valence-corrected chi connectivity index (χ2v) is 12.4. The molecule has 0 bridgehead atoms. The van der Waals surface area contributed by atoms with Crippen LogP contribution in [-0.4, -0.2) is 48.9 Å². The standard InChI is InChI=1S/C25H30N2O3S.ClH/c1-24(19-7-4-8-20(11-19)26-31(29,30)21-9-10-21)22-14-27(15-23(22)24)16-25(28)12-17-5-2-3-6-18(17)13-25;/h2-8,11,21-23,26,28H,9-10,12-16H2,1H3;1H/t22-,23+,24?;. The lowest BCUT2D eigenvalue weighted by molar-refractivity contribution is 0.0142. The van der Waals surface area contributed by atoms with Crippen LogP contribution in [0.4, 0.5) is 5.69 Å². The Hall–Kier alpha value is -1.60. The van der Waals surface area contributed by atoms with Crippen molar-refractivity contribution in [2.75, 3.05) is 24.4 Å². The zero-order valence-electron chi connectivity index (χ0n) is 18.3. The van der Waals surface area contributed by atoms with Crippen LogP contribution in [0.15, 0.2) is 48.5 Å². The maximum Gasteiger partial charge on any atom is 0.235 e. The zero-order valence-corrected chi connectivity index (χ0v) is 20.0. The molecule has 0 amide bonds. The number of piperidine rings is 1. The van der Waals surface area contributed by atoms with Crippen molar-refractivity contribution >= 4 is 28.1 Å². The molecule has 1 unspecified atom stereocenters. The van der Waals surface area contributed by atoms with E-state index in [1.54, 1.807) is 0 Å². The number of likely N-dealkylation sites (tertiary alicyclic amines) is 1. The molecule has 2 N–H and O–H groups in total. The molecular formula is C25H31ClN2O3S. The second-order valence-electron chi connectivity index (χ2n) is 10.5. The molecular weight excluding hydrogens is 444 g/mol. The SMILES string of the molecule is CC1(c2cccc(NS(=O)(=O)C3CC3)c2)[C@@H]2CN(CC3(O)Cc4ccccc4C3)C[C@@H]21.Cl. The number of sulfonamides is 1. The number of nitrogens with one attached hydrogen (secondary N) is 1. The molecule has 0 radical (unpaired) electrons. The smallest absolute Gasteiger partial charge is 0.235 e. The van der Waals surface area contributed by atoms with Crippen LogP contribution in [0.25, 0.3) is 0 Å². The minimum absolute atomic E-state index is 0. The molecule has 0 aromatic heterocycles. The number of hydrogen-bond donors (Lipinski definition) is 2. The van der Waals surface area contributed by atoms with Crippen LogP contribution >= 0.6 is 12.4 Å². The van der Waals surface area contributed by atoms with Crippen molar-refractivity contribution in [2.45, 2.75) is 48.9 Å². The largest absolute Gasteiger partial charge is 0.388 e. The molecule has 2 aromatic carbocycles. The van der Waals surface area contributed by atoms with E-state index in [2.05, 4.69) is 46.9 Å². The number of aliphatic hydroxyl groups is 1. The first-order chi connectivity index (χ1) is 14.8. The van der Waals surface area contributed by atoms with Crippen LogP contribution in [0.1, 0.15) is 36.5 Å². The number of halogens is 1. The fourth-order valence-corrected chi connectivity index (χ4v) is 7.64. The van der Waals surface area contributed by atoms with Crippen molar-refractivity contribution in [3.05, 3.63) is 65.2 Å². The minimum Gasteiger partial charge on any atom is -0.388 e. The van der Waals surface area contributed by atoms with E-state index in [1.807, 2.05) is 18.2 Å². The summed E-state index contributed by atoms with van der Waals surface area (Å²) in [4.78, 5) is 2.43. The predicted octanol–water partition coefficient (Wildman–Crippen LogP) is 3.36. The van der Waals surface area contributed by atoms with Crippen molar-refractivity contribution in [1.29, 1.82) is 0 Å². The quantitative estimate of drug-likeness (QED) is 0.673. The maximum atomic E-state index is 12.3. The zero-order chi connectivity index (χ0) is 21.4. The second kappa shape index (κ2) is 7.45. The Kier molecular flexibility index (Phi) is 5.17. The molecule has 2 saturated carbocycles. The van der Waals surface area contributed by atoms with E-state index in [-0.39, 0.29) is 23.1 Å². The molecule has 1 saturated heterocycles. The van der Waals surface area contributed by atoms with Gasteiger partial charge in [0.25, 0.3) is 0 Å². The molecule has 3 fully saturated rings. The van der Waals surface area contributed by atoms with Gasteiger partial charge in [0.05, 0.1) is 10.9 Å². The van der Waals surface area contributed by atoms with E-state index in [4.69, 9.17) is 0 Å². The van der Waals surface area contributed by atoms with Crippen molar-refractivity contribution in [3.63, 3.8) is 0 Å². The van der Waals surface area contributed by atoms with Crippen molar-refractivity contribution in [2.24, 2.45) is 11.8 Å². The number of hydrogen-bond acceptors (Lipinski definition) is 4. The van der Waals surface area contributed by atoms with Gasteiger partial charge in [-0.2, -0.15) is 0 Å². The van der Waals surface area contributed by atoms with Crippen LogP contribution in [0.3, 0.4) is 0 Å². The van der Waals surface area contributed by atoms with E-state index >= 15 is 0 Å². The summed E-state index contributed by atoms with van der Waals surface area (Å²) in [6.45, 7) is 5.04. The van der Waals surface area contributed by atoms with Crippen LogP contribution in [-0.2, 0) is 28.3 Å². The lowest BCUT2D eigenvalue weighted by atomic mass is 9.91.